The maximum absolute atomic E-state index is 11.8. The number of carbonyl (C=O) groups excluding carboxylic acids is 1. The molecule has 3 saturated heterocycles. The predicted octanol–water partition coefficient (Wildman–Crippen LogP) is 0.855. The van der Waals surface area contributed by atoms with Crippen molar-refractivity contribution in [3.8, 4) is 0 Å². The molecule has 31 heavy (non-hydrogen) atoms. The van der Waals surface area contributed by atoms with Gasteiger partial charge in [-0.05, 0) is 26.2 Å². The molecular weight excluding hydrogens is 400 g/mol. The summed E-state index contributed by atoms with van der Waals surface area (Å²) in [6.45, 7) is 5.28. The number of amides is 1. The fourth-order valence-corrected chi connectivity index (χ4v) is 5.44. The van der Waals surface area contributed by atoms with Gasteiger partial charge in [0, 0.05) is 44.8 Å². The van der Waals surface area contributed by atoms with Crippen molar-refractivity contribution in [2.45, 2.75) is 56.5 Å². The molecule has 4 aliphatic rings. The summed E-state index contributed by atoms with van der Waals surface area (Å²) in [7, 11) is 1.71. The minimum absolute atomic E-state index is 0.0978. The summed E-state index contributed by atoms with van der Waals surface area (Å²) in [6.07, 6.45) is 4.91. The molecule has 10 nitrogen and oxygen atoms in total. The van der Waals surface area contributed by atoms with Gasteiger partial charge in [0.1, 0.15) is 18.8 Å². The molecule has 0 aromatic carbocycles. The van der Waals surface area contributed by atoms with Crippen molar-refractivity contribution >= 4 is 11.9 Å². The van der Waals surface area contributed by atoms with Crippen LogP contribution in [0.15, 0.2) is 12.4 Å². The lowest BCUT2D eigenvalue weighted by molar-refractivity contribution is -0.0623. The number of nitrogens with one attached hydrogen (secondary N) is 2. The van der Waals surface area contributed by atoms with E-state index in [9.17, 15) is 4.79 Å². The number of rotatable bonds is 6. The van der Waals surface area contributed by atoms with Crippen LogP contribution in [0.1, 0.15) is 37.9 Å². The van der Waals surface area contributed by atoms with E-state index in [4.69, 9.17) is 14.2 Å². The van der Waals surface area contributed by atoms with Crippen molar-refractivity contribution in [1.82, 2.24) is 25.7 Å². The third-order valence-corrected chi connectivity index (χ3v) is 6.96. The standard InChI is InChI=1S/C21H32N6O4/c1-13(10-29-2)31-15-3-4-17-16(7-15)20(25-24-17)18-8-19(23-12-22-18)26-5-6-27-14(9-26)11-30-21(27)28/h8,12-17,20,24-25H,3-7,9-11H2,1-2H3/t13-,14?,15?,16?,17?,20?/m0/s1. The molecular formula is C21H32N6O4. The number of ether oxygens (including phenoxy) is 3. The van der Waals surface area contributed by atoms with Gasteiger partial charge in [-0.2, -0.15) is 0 Å². The average molecular weight is 433 g/mol. The number of piperazine rings is 1. The van der Waals surface area contributed by atoms with Crippen LogP contribution in [0.3, 0.4) is 0 Å². The second-order valence-corrected chi connectivity index (χ2v) is 9.05. The predicted molar refractivity (Wildman–Crippen MR) is 112 cm³/mol. The minimum Gasteiger partial charge on any atom is -0.447 e. The zero-order valence-electron chi connectivity index (χ0n) is 18.2. The third-order valence-electron chi connectivity index (χ3n) is 6.96. The number of hydrogen-bond acceptors (Lipinski definition) is 9. The molecule has 1 aliphatic carbocycles. The summed E-state index contributed by atoms with van der Waals surface area (Å²) in [4.78, 5) is 25.0. The molecule has 3 aliphatic heterocycles. The van der Waals surface area contributed by atoms with Crippen molar-refractivity contribution < 1.29 is 19.0 Å². The summed E-state index contributed by atoms with van der Waals surface area (Å²) in [5.74, 6) is 1.32. The van der Waals surface area contributed by atoms with Crippen LogP contribution >= 0.6 is 0 Å². The Balaban J connectivity index is 1.27. The summed E-state index contributed by atoms with van der Waals surface area (Å²) in [6, 6.07) is 2.73. The molecule has 10 heteroatoms. The van der Waals surface area contributed by atoms with E-state index in [1.54, 1.807) is 13.4 Å². The first kappa shape index (κ1) is 20.9. The Hall–Kier alpha value is -2.01. The molecule has 5 unspecified atom stereocenters. The highest BCUT2D eigenvalue weighted by atomic mass is 16.6. The molecule has 1 aromatic heterocycles. The van der Waals surface area contributed by atoms with Gasteiger partial charge in [-0.1, -0.05) is 0 Å². The van der Waals surface area contributed by atoms with Crippen LogP contribution in [-0.4, -0.2) is 85.2 Å². The van der Waals surface area contributed by atoms with E-state index < -0.39 is 0 Å². The van der Waals surface area contributed by atoms with Crippen LogP contribution in [0.2, 0.25) is 0 Å². The molecule has 4 heterocycles. The molecule has 5 rings (SSSR count). The van der Waals surface area contributed by atoms with Gasteiger partial charge in [0.25, 0.3) is 0 Å². The zero-order chi connectivity index (χ0) is 21.4. The number of carbonyl (C=O) groups is 1. The molecule has 1 amide bonds. The monoisotopic (exact) mass is 432 g/mol. The number of aromatic nitrogens is 2. The smallest absolute Gasteiger partial charge is 0.410 e. The van der Waals surface area contributed by atoms with Crippen molar-refractivity contribution in [1.29, 1.82) is 0 Å². The number of nitrogens with zero attached hydrogens (tertiary/aromatic N) is 4. The fourth-order valence-electron chi connectivity index (χ4n) is 5.44. The highest BCUT2D eigenvalue weighted by molar-refractivity contribution is 5.70. The van der Waals surface area contributed by atoms with Gasteiger partial charge >= 0.3 is 6.09 Å². The Morgan fingerprint density at radius 2 is 2.19 bits per heavy atom. The van der Waals surface area contributed by atoms with E-state index in [1.807, 2.05) is 4.90 Å². The molecule has 0 bridgehead atoms. The van der Waals surface area contributed by atoms with Gasteiger partial charge in [0.2, 0.25) is 0 Å². The quantitative estimate of drug-likeness (QED) is 0.678. The number of cyclic esters (lactones) is 1. The first-order chi connectivity index (χ1) is 15.1. The van der Waals surface area contributed by atoms with Gasteiger partial charge in [0.05, 0.1) is 36.6 Å². The Labute approximate surface area is 182 Å². The molecule has 0 spiro atoms. The topological polar surface area (TPSA) is 101 Å². The molecule has 2 N–H and O–H groups in total. The molecule has 0 radical (unpaired) electrons. The normalized spacial score (nSPS) is 33.7. The lowest BCUT2D eigenvalue weighted by Crippen LogP contribution is -2.52. The Kier molecular flexibility index (Phi) is 5.96. The lowest BCUT2D eigenvalue weighted by Gasteiger charge is -2.36. The molecule has 4 fully saturated rings. The molecule has 170 valence electrons. The van der Waals surface area contributed by atoms with Gasteiger partial charge in [-0.15, -0.1) is 0 Å². The Morgan fingerprint density at radius 3 is 3.06 bits per heavy atom. The highest BCUT2D eigenvalue weighted by Gasteiger charge is 2.43. The molecule has 6 atom stereocenters. The van der Waals surface area contributed by atoms with E-state index in [-0.39, 0.29) is 30.4 Å². The average Bonchev–Trinajstić information content (AvgIpc) is 3.37. The van der Waals surface area contributed by atoms with Crippen molar-refractivity contribution in [3.05, 3.63) is 18.1 Å². The van der Waals surface area contributed by atoms with E-state index >= 15 is 0 Å². The van der Waals surface area contributed by atoms with E-state index in [0.717, 1.165) is 43.9 Å². The lowest BCUT2D eigenvalue weighted by atomic mass is 9.79. The molecule has 1 aromatic rings. The summed E-state index contributed by atoms with van der Waals surface area (Å²) < 4.78 is 16.6. The van der Waals surface area contributed by atoms with Crippen LogP contribution in [0, 0.1) is 5.92 Å². The Bertz CT molecular complexity index is 797. The second-order valence-electron chi connectivity index (χ2n) is 9.05. The largest absolute Gasteiger partial charge is 0.447 e. The van der Waals surface area contributed by atoms with Crippen LogP contribution < -0.4 is 15.8 Å². The zero-order valence-corrected chi connectivity index (χ0v) is 18.2. The van der Waals surface area contributed by atoms with Crippen LogP contribution in [0.5, 0.6) is 0 Å². The van der Waals surface area contributed by atoms with Crippen LogP contribution in [0.4, 0.5) is 10.6 Å². The van der Waals surface area contributed by atoms with E-state index in [1.165, 1.54) is 0 Å². The van der Waals surface area contributed by atoms with Crippen molar-refractivity contribution in [2.75, 3.05) is 44.9 Å². The highest BCUT2D eigenvalue weighted by Crippen LogP contribution is 2.39. The maximum Gasteiger partial charge on any atom is 0.410 e. The Morgan fingerprint density at radius 1 is 1.29 bits per heavy atom. The third kappa shape index (κ3) is 4.21. The van der Waals surface area contributed by atoms with Gasteiger partial charge in [-0.3, -0.25) is 10.3 Å². The number of hydrazine groups is 1. The summed E-state index contributed by atoms with van der Waals surface area (Å²) in [5.41, 5.74) is 7.95. The number of fused-ring (bicyclic) bond motifs is 2. The maximum atomic E-state index is 11.8. The van der Waals surface area contributed by atoms with Gasteiger partial charge in [0.15, 0.2) is 0 Å². The first-order valence-electron chi connectivity index (χ1n) is 11.3. The van der Waals surface area contributed by atoms with Crippen molar-refractivity contribution in [3.63, 3.8) is 0 Å². The SMILES string of the molecule is COC[C@H](C)OC1CCC2NNC(c3cc(N4CCN5C(=O)OCC5C4)ncn3)C2C1. The second kappa shape index (κ2) is 8.85. The number of methoxy groups -OCH3 is 1. The van der Waals surface area contributed by atoms with Crippen molar-refractivity contribution in [2.24, 2.45) is 5.92 Å². The minimum atomic E-state index is -0.200. The van der Waals surface area contributed by atoms with Crippen LogP contribution in [-0.2, 0) is 14.2 Å². The van der Waals surface area contributed by atoms with E-state index in [2.05, 4.69) is 38.7 Å². The molecule has 1 saturated carbocycles. The van der Waals surface area contributed by atoms with Crippen LogP contribution in [0.25, 0.3) is 0 Å². The first-order valence-corrected chi connectivity index (χ1v) is 11.3. The van der Waals surface area contributed by atoms with Gasteiger partial charge < -0.3 is 19.1 Å². The van der Waals surface area contributed by atoms with E-state index in [0.29, 0.717) is 31.7 Å². The van der Waals surface area contributed by atoms with Gasteiger partial charge in [-0.25, -0.2) is 20.2 Å². The number of hydrogen-bond donors (Lipinski definition) is 2. The number of anilines is 1. The summed E-state index contributed by atoms with van der Waals surface area (Å²) >= 11 is 0. The summed E-state index contributed by atoms with van der Waals surface area (Å²) in [5, 5.41) is 0. The fraction of sp³-hybridized carbons (Fsp3) is 0.762.